The maximum atomic E-state index is 10.8. The van der Waals surface area contributed by atoms with Crippen molar-refractivity contribution >= 4 is 12.0 Å². The van der Waals surface area contributed by atoms with Gasteiger partial charge in [0.25, 0.3) is 5.91 Å². The molecule has 0 aliphatic carbocycles. The largest absolute Gasteiger partial charge is 0.465 e. The molecular weight excluding hydrogens is 146 g/mol. The number of carboxylic acid groups (broad SMARTS) is 1. The monoisotopic (exact) mass is 157 g/mol. The maximum Gasteiger partial charge on any atom is 0.414 e. The summed E-state index contributed by atoms with van der Waals surface area (Å²) in [6.45, 7) is 6.43. The van der Waals surface area contributed by atoms with Crippen LogP contribution in [0.25, 0.3) is 0 Å². The molecule has 11 heavy (non-hydrogen) atoms. The third-order valence-electron chi connectivity index (χ3n) is 1.13. The molecule has 0 heterocycles. The Hall–Kier alpha value is -1.32. The molecule has 0 rings (SSSR count). The van der Waals surface area contributed by atoms with Gasteiger partial charge in [-0.15, -0.1) is 0 Å². The highest BCUT2D eigenvalue weighted by Crippen LogP contribution is 1.99. The van der Waals surface area contributed by atoms with E-state index in [2.05, 4.69) is 6.58 Å². The van der Waals surface area contributed by atoms with Crippen molar-refractivity contribution in [1.29, 1.82) is 0 Å². The molecule has 4 nitrogen and oxygen atoms in total. The van der Waals surface area contributed by atoms with Crippen LogP contribution in [0, 0.1) is 0 Å². The lowest BCUT2D eigenvalue weighted by Crippen LogP contribution is -2.39. The topological polar surface area (TPSA) is 57.6 Å². The van der Waals surface area contributed by atoms with Crippen LogP contribution in [0.1, 0.15) is 13.8 Å². The predicted molar refractivity (Wildman–Crippen MR) is 40.2 cm³/mol. The highest BCUT2D eigenvalue weighted by molar-refractivity contribution is 5.97. The molecule has 0 aliphatic rings. The van der Waals surface area contributed by atoms with Crippen LogP contribution < -0.4 is 0 Å². The lowest BCUT2D eigenvalue weighted by Gasteiger charge is -2.18. The van der Waals surface area contributed by atoms with Crippen molar-refractivity contribution in [1.82, 2.24) is 4.90 Å². The molecule has 0 atom stereocenters. The van der Waals surface area contributed by atoms with Gasteiger partial charge in [-0.2, -0.15) is 0 Å². The Morgan fingerprint density at radius 2 is 2.00 bits per heavy atom. The summed E-state index contributed by atoms with van der Waals surface area (Å²) in [4.78, 5) is 21.9. The number of hydrogen-bond donors (Lipinski definition) is 1. The van der Waals surface area contributed by atoms with Gasteiger partial charge in [0.1, 0.15) is 0 Å². The van der Waals surface area contributed by atoms with Crippen molar-refractivity contribution in [2.75, 3.05) is 0 Å². The van der Waals surface area contributed by atoms with Gasteiger partial charge < -0.3 is 5.11 Å². The van der Waals surface area contributed by atoms with E-state index in [1.165, 1.54) is 0 Å². The second-order valence-corrected chi connectivity index (χ2v) is 2.29. The third-order valence-corrected chi connectivity index (χ3v) is 1.13. The summed E-state index contributed by atoms with van der Waals surface area (Å²) in [6, 6.07) is -0.349. The minimum absolute atomic E-state index is 0.349. The first-order valence-electron chi connectivity index (χ1n) is 3.19. The highest BCUT2D eigenvalue weighted by atomic mass is 16.4. The lowest BCUT2D eigenvalue weighted by atomic mass is 10.3. The fourth-order valence-electron chi connectivity index (χ4n) is 0.668. The first kappa shape index (κ1) is 9.68. The van der Waals surface area contributed by atoms with Crippen LogP contribution in [0.5, 0.6) is 0 Å². The fraction of sp³-hybridized carbons (Fsp3) is 0.429. The Bertz CT molecular complexity index is 186. The molecule has 0 spiro atoms. The molecule has 0 saturated carbocycles. The molecule has 62 valence electrons. The summed E-state index contributed by atoms with van der Waals surface area (Å²) in [5, 5.41) is 8.50. The number of amides is 2. The van der Waals surface area contributed by atoms with Gasteiger partial charge in [0.05, 0.1) is 0 Å². The van der Waals surface area contributed by atoms with E-state index in [4.69, 9.17) is 5.11 Å². The second-order valence-electron chi connectivity index (χ2n) is 2.29. The molecule has 0 bridgehead atoms. The molecule has 0 aromatic carbocycles. The van der Waals surface area contributed by atoms with Gasteiger partial charge in [0.2, 0.25) is 0 Å². The third kappa shape index (κ3) is 2.41. The van der Waals surface area contributed by atoms with Crippen LogP contribution in [-0.2, 0) is 4.79 Å². The van der Waals surface area contributed by atoms with E-state index in [9.17, 15) is 9.59 Å². The van der Waals surface area contributed by atoms with E-state index in [-0.39, 0.29) is 6.04 Å². The van der Waals surface area contributed by atoms with Crippen LogP contribution in [0.4, 0.5) is 4.79 Å². The number of carbonyl (C=O) groups is 2. The van der Waals surface area contributed by atoms with E-state index in [1.54, 1.807) is 13.8 Å². The van der Waals surface area contributed by atoms with E-state index >= 15 is 0 Å². The zero-order chi connectivity index (χ0) is 9.02. The van der Waals surface area contributed by atoms with Gasteiger partial charge in [0.15, 0.2) is 0 Å². The molecule has 2 amide bonds. The van der Waals surface area contributed by atoms with Crippen molar-refractivity contribution in [3.8, 4) is 0 Å². The van der Waals surface area contributed by atoms with E-state index < -0.39 is 12.0 Å². The first-order valence-corrected chi connectivity index (χ1v) is 3.19. The fourth-order valence-corrected chi connectivity index (χ4v) is 0.668. The SMILES string of the molecule is C=CC(=O)N(C(=O)O)C(C)C. The summed E-state index contributed by atoms with van der Waals surface area (Å²) in [5.74, 6) is -0.590. The van der Waals surface area contributed by atoms with Crippen LogP contribution in [0.2, 0.25) is 0 Å². The smallest absolute Gasteiger partial charge is 0.414 e. The molecule has 0 saturated heterocycles. The molecule has 0 fully saturated rings. The maximum absolute atomic E-state index is 10.8. The summed E-state index contributed by atoms with van der Waals surface area (Å²) in [7, 11) is 0. The standard InChI is InChI=1S/C7H11NO3/c1-4-6(9)8(5(2)3)7(10)11/h4-5H,1H2,2-3H3,(H,10,11). The Kier molecular flexibility index (Phi) is 3.30. The summed E-state index contributed by atoms with van der Waals surface area (Å²) in [5.41, 5.74) is 0. The van der Waals surface area contributed by atoms with Crippen molar-refractivity contribution in [2.24, 2.45) is 0 Å². The zero-order valence-electron chi connectivity index (χ0n) is 6.57. The highest BCUT2D eigenvalue weighted by Gasteiger charge is 2.20. The second kappa shape index (κ2) is 3.75. The van der Waals surface area contributed by atoms with Gasteiger partial charge in [-0.3, -0.25) is 4.79 Å². The van der Waals surface area contributed by atoms with Crippen LogP contribution in [0.15, 0.2) is 12.7 Å². The normalized spacial score (nSPS) is 9.36. The van der Waals surface area contributed by atoms with E-state index in [0.29, 0.717) is 4.90 Å². The predicted octanol–water partition coefficient (Wildman–Crippen LogP) is 1.09. The van der Waals surface area contributed by atoms with Crippen molar-refractivity contribution < 1.29 is 14.7 Å². The van der Waals surface area contributed by atoms with Crippen LogP contribution in [-0.4, -0.2) is 28.0 Å². The average Bonchev–Trinajstić information content (AvgIpc) is 1.85. The van der Waals surface area contributed by atoms with Crippen molar-refractivity contribution in [3.63, 3.8) is 0 Å². The van der Waals surface area contributed by atoms with Gasteiger partial charge in [0, 0.05) is 6.04 Å². The Labute approximate surface area is 65.1 Å². The summed E-state index contributed by atoms with van der Waals surface area (Å²) < 4.78 is 0. The molecule has 4 heteroatoms. The summed E-state index contributed by atoms with van der Waals surface area (Å²) >= 11 is 0. The van der Waals surface area contributed by atoms with Gasteiger partial charge in [-0.1, -0.05) is 6.58 Å². The van der Waals surface area contributed by atoms with E-state index in [1.807, 2.05) is 0 Å². The van der Waals surface area contributed by atoms with Crippen LogP contribution >= 0.6 is 0 Å². The molecule has 0 radical (unpaired) electrons. The molecule has 0 aliphatic heterocycles. The van der Waals surface area contributed by atoms with Gasteiger partial charge in [-0.25, -0.2) is 9.69 Å². The number of nitrogens with zero attached hydrogens (tertiary/aromatic N) is 1. The number of imide groups is 1. The van der Waals surface area contributed by atoms with Gasteiger partial charge in [-0.05, 0) is 19.9 Å². The molecule has 1 N–H and O–H groups in total. The Morgan fingerprint density at radius 1 is 1.55 bits per heavy atom. The minimum atomic E-state index is -1.25. The Balaban J connectivity index is 4.46. The molecule has 0 aromatic rings. The lowest BCUT2D eigenvalue weighted by molar-refractivity contribution is -0.125. The first-order chi connectivity index (χ1) is 5.00. The van der Waals surface area contributed by atoms with Crippen molar-refractivity contribution in [2.45, 2.75) is 19.9 Å². The van der Waals surface area contributed by atoms with E-state index in [0.717, 1.165) is 6.08 Å². The number of rotatable bonds is 2. The number of hydrogen-bond acceptors (Lipinski definition) is 2. The quantitative estimate of drug-likeness (QED) is 0.610. The summed E-state index contributed by atoms with van der Waals surface area (Å²) in [6.07, 6.45) is -0.265. The number of carbonyl (C=O) groups excluding carboxylic acids is 1. The molecule has 0 aromatic heterocycles. The van der Waals surface area contributed by atoms with Crippen LogP contribution in [0.3, 0.4) is 0 Å². The van der Waals surface area contributed by atoms with Gasteiger partial charge >= 0.3 is 6.09 Å². The average molecular weight is 157 g/mol. The Morgan fingerprint density at radius 3 is 2.09 bits per heavy atom. The zero-order valence-corrected chi connectivity index (χ0v) is 6.57. The minimum Gasteiger partial charge on any atom is -0.465 e. The molecule has 0 unspecified atom stereocenters. The van der Waals surface area contributed by atoms with Crippen molar-refractivity contribution in [3.05, 3.63) is 12.7 Å². The molecular formula is C7H11NO3.